The number of rotatable bonds is 6. The molecule has 4 rings (SSSR count). The molecular formula is C23H24N6O4. The van der Waals surface area contributed by atoms with Gasteiger partial charge in [-0.25, -0.2) is 14.8 Å². The second-order valence-corrected chi connectivity index (χ2v) is 7.33. The van der Waals surface area contributed by atoms with Crippen LogP contribution in [-0.4, -0.2) is 65.3 Å². The molecule has 1 aliphatic heterocycles. The predicted octanol–water partition coefficient (Wildman–Crippen LogP) is 3.28. The molecule has 2 amide bonds. The van der Waals surface area contributed by atoms with Gasteiger partial charge in [0.15, 0.2) is 0 Å². The molecule has 1 aliphatic rings. The highest BCUT2D eigenvalue weighted by molar-refractivity contribution is 5.92. The molecule has 0 saturated carbocycles. The molecule has 3 N–H and O–H groups in total. The Kier molecular flexibility index (Phi) is 6.53. The number of carbonyl (C=O) groups excluding carboxylic acids is 1. The number of anilines is 4. The van der Waals surface area contributed by atoms with Crippen LogP contribution in [0, 0.1) is 0 Å². The van der Waals surface area contributed by atoms with E-state index in [0.29, 0.717) is 37.6 Å². The number of aromatic nitrogens is 2. The van der Waals surface area contributed by atoms with Crippen LogP contribution >= 0.6 is 0 Å². The summed E-state index contributed by atoms with van der Waals surface area (Å²) in [5, 5.41) is 14.4. The highest BCUT2D eigenvalue weighted by atomic mass is 16.5. The lowest BCUT2D eigenvalue weighted by Crippen LogP contribution is -2.49. The Morgan fingerprint density at radius 1 is 0.939 bits per heavy atom. The number of methoxy groups -OCH3 is 1. The van der Waals surface area contributed by atoms with Crippen molar-refractivity contribution < 1.29 is 19.4 Å². The number of hydrogen-bond acceptors (Lipinski definition) is 7. The molecule has 0 spiro atoms. The minimum atomic E-state index is -1.29. The van der Waals surface area contributed by atoms with Crippen LogP contribution in [0.5, 0.6) is 5.75 Å². The third kappa shape index (κ3) is 5.29. The molecule has 0 bridgehead atoms. The van der Waals surface area contributed by atoms with Gasteiger partial charge in [-0.15, -0.1) is 0 Å². The fourth-order valence-electron chi connectivity index (χ4n) is 3.61. The SMILES string of the molecule is COc1ccccc1Nc1cc(NC(=O)O)nc(C(=O)N2CCN(c3ccccc3)CC2)n1. The number of piperazine rings is 1. The topological polar surface area (TPSA) is 120 Å². The van der Waals surface area contributed by atoms with E-state index in [-0.39, 0.29) is 23.4 Å². The van der Waals surface area contributed by atoms with E-state index in [4.69, 9.17) is 9.84 Å². The normalized spacial score (nSPS) is 13.4. The van der Waals surface area contributed by atoms with Gasteiger partial charge in [-0.3, -0.25) is 10.1 Å². The van der Waals surface area contributed by atoms with Crippen LogP contribution in [0.4, 0.5) is 27.8 Å². The summed E-state index contributed by atoms with van der Waals surface area (Å²) in [4.78, 5) is 36.7. The Morgan fingerprint density at radius 2 is 1.61 bits per heavy atom. The summed E-state index contributed by atoms with van der Waals surface area (Å²) >= 11 is 0. The van der Waals surface area contributed by atoms with Gasteiger partial charge in [0, 0.05) is 37.9 Å². The maximum atomic E-state index is 13.2. The smallest absolute Gasteiger partial charge is 0.410 e. The van der Waals surface area contributed by atoms with Crippen molar-refractivity contribution in [2.24, 2.45) is 0 Å². The van der Waals surface area contributed by atoms with Crippen molar-refractivity contribution in [1.82, 2.24) is 14.9 Å². The first-order chi connectivity index (χ1) is 16.0. The molecule has 0 radical (unpaired) electrons. The molecule has 1 fully saturated rings. The second kappa shape index (κ2) is 9.86. The number of ether oxygens (including phenoxy) is 1. The van der Waals surface area contributed by atoms with Gasteiger partial charge in [0.1, 0.15) is 17.4 Å². The molecule has 170 valence electrons. The summed E-state index contributed by atoms with van der Waals surface area (Å²) < 4.78 is 5.34. The molecule has 2 heterocycles. The lowest BCUT2D eigenvalue weighted by molar-refractivity contribution is 0.0734. The molecule has 0 atom stereocenters. The Morgan fingerprint density at radius 3 is 2.30 bits per heavy atom. The van der Waals surface area contributed by atoms with Crippen LogP contribution in [-0.2, 0) is 0 Å². The zero-order chi connectivity index (χ0) is 23.2. The van der Waals surface area contributed by atoms with Gasteiger partial charge in [0.25, 0.3) is 5.91 Å². The Balaban J connectivity index is 1.54. The standard InChI is InChI=1S/C23H24N6O4/c1-33-18-10-6-5-9-17(18)24-19-15-20(27-23(31)32)26-21(25-19)22(30)29-13-11-28(12-14-29)16-7-3-2-4-8-16/h2-10,15H,11-14H2,1H3,(H,31,32)(H2,24,25,26,27). The number of carboxylic acid groups (broad SMARTS) is 1. The van der Waals surface area contributed by atoms with E-state index in [1.807, 2.05) is 42.5 Å². The molecule has 1 aromatic heterocycles. The first kappa shape index (κ1) is 21.9. The summed E-state index contributed by atoms with van der Waals surface area (Å²) in [7, 11) is 1.54. The second-order valence-electron chi connectivity index (χ2n) is 7.33. The molecule has 0 aliphatic carbocycles. The molecule has 0 unspecified atom stereocenters. The van der Waals surface area contributed by atoms with E-state index < -0.39 is 6.09 Å². The van der Waals surface area contributed by atoms with E-state index in [1.54, 1.807) is 24.1 Å². The molecular weight excluding hydrogens is 424 g/mol. The number of para-hydroxylation sites is 3. The average Bonchev–Trinajstić information content (AvgIpc) is 2.84. The number of nitrogens with one attached hydrogen (secondary N) is 2. The molecule has 2 aromatic carbocycles. The van der Waals surface area contributed by atoms with Gasteiger partial charge in [-0.2, -0.15) is 0 Å². The number of carbonyl (C=O) groups is 2. The third-order valence-corrected chi connectivity index (χ3v) is 5.21. The summed E-state index contributed by atoms with van der Waals surface area (Å²) in [5.74, 6) is 0.395. The van der Waals surface area contributed by atoms with Gasteiger partial charge in [-0.1, -0.05) is 30.3 Å². The van der Waals surface area contributed by atoms with Crippen LogP contribution < -0.4 is 20.3 Å². The number of amides is 2. The lowest BCUT2D eigenvalue weighted by atomic mass is 10.2. The lowest BCUT2D eigenvalue weighted by Gasteiger charge is -2.35. The average molecular weight is 448 g/mol. The molecule has 3 aromatic rings. The molecule has 10 heteroatoms. The quantitative estimate of drug-likeness (QED) is 0.526. The number of nitrogens with zero attached hydrogens (tertiary/aromatic N) is 4. The van der Waals surface area contributed by atoms with Crippen molar-refractivity contribution in [1.29, 1.82) is 0 Å². The highest BCUT2D eigenvalue weighted by Crippen LogP contribution is 2.27. The number of hydrogen-bond donors (Lipinski definition) is 3. The highest BCUT2D eigenvalue weighted by Gasteiger charge is 2.25. The monoisotopic (exact) mass is 448 g/mol. The van der Waals surface area contributed by atoms with Crippen LogP contribution in [0.3, 0.4) is 0 Å². The number of benzene rings is 2. The van der Waals surface area contributed by atoms with E-state index in [9.17, 15) is 9.59 Å². The van der Waals surface area contributed by atoms with Crippen LogP contribution in [0.2, 0.25) is 0 Å². The van der Waals surface area contributed by atoms with E-state index in [0.717, 1.165) is 5.69 Å². The largest absolute Gasteiger partial charge is 0.495 e. The maximum absolute atomic E-state index is 13.2. The third-order valence-electron chi connectivity index (χ3n) is 5.21. The molecule has 1 saturated heterocycles. The minimum absolute atomic E-state index is 0.00108. The fraction of sp³-hybridized carbons (Fsp3) is 0.217. The summed E-state index contributed by atoms with van der Waals surface area (Å²) in [6.45, 7) is 2.36. The van der Waals surface area contributed by atoms with Crippen molar-refractivity contribution >= 4 is 35.0 Å². The zero-order valence-electron chi connectivity index (χ0n) is 18.1. The van der Waals surface area contributed by atoms with E-state index in [1.165, 1.54) is 6.07 Å². The van der Waals surface area contributed by atoms with Gasteiger partial charge >= 0.3 is 6.09 Å². The van der Waals surface area contributed by atoms with Gasteiger partial charge in [0.05, 0.1) is 12.8 Å². The van der Waals surface area contributed by atoms with Crippen molar-refractivity contribution in [3.63, 3.8) is 0 Å². The van der Waals surface area contributed by atoms with Crippen molar-refractivity contribution in [2.45, 2.75) is 0 Å². The maximum Gasteiger partial charge on any atom is 0.410 e. The van der Waals surface area contributed by atoms with Crippen molar-refractivity contribution in [3.05, 3.63) is 66.5 Å². The van der Waals surface area contributed by atoms with E-state index >= 15 is 0 Å². The summed E-state index contributed by atoms with van der Waals surface area (Å²) in [6.07, 6.45) is -1.29. The Bertz CT molecular complexity index is 1130. The van der Waals surface area contributed by atoms with Gasteiger partial charge in [0.2, 0.25) is 5.82 Å². The first-order valence-corrected chi connectivity index (χ1v) is 10.4. The van der Waals surface area contributed by atoms with Crippen LogP contribution in [0.1, 0.15) is 10.6 Å². The Hall–Kier alpha value is -4.34. The van der Waals surface area contributed by atoms with Gasteiger partial charge < -0.3 is 25.0 Å². The Labute approximate surface area is 190 Å². The van der Waals surface area contributed by atoms with Crippen LogP contribution in [0.25, 0.3) is 0 Å². The predicted molar refractivity (Wildman–Crippen MR) is 125 cm³/mol. The molecule has 10 nitrogen and oxygen atoms in total. The summed E-state index contributed by atoms with van der Waals surface area (Å²) in [6, 6.07) is 18.6. The van der Waals surface area contributed by atoms with Crippen molar-refractivity contribution in [3.8, 4) is 5.75 Å². The van der Waals surface area contributed by atoms with E-state index in [2.05, 4.69) is 25.5 Å². The zero-order valence-corrected chi connectivity index (χ0v) is 18.1. The summed E-state index contributed by atoms with van der Waals surface area (Å²) in [5.41, 5.74) is 1.73. The minimum Gasteiger partial charge on any atom is -0.495 e. The molecule has 33 heavy (non-hydrogen) atoms. The van der Waals surface area contributed by atoms with Crippen LogP contribution in [0.15, 0.2) is 60.7 Å². The first-order valence-electron chi connectivity index (χ1n) is 10.4. The fourth-order valence-corrected chi connectivity index (χ4v) is 3.61. The van der Waals surface area contributed by atoms with Gasteiger partial charge in [-0.05, 0) is 24.3 Å². The van der Waals surface area contributed by atoms with Crippen molar-refractivity contribution in [2.75, 3.05) is 48.8 Å².